The van der Waals surface area contributed by atoms with E-state index in [-0.39, 0.29) is 17.2 Å². The number of carbonyl (C=O) groups excluding carboxylic acids is 1. The highest BCUT2D eigenvalue weighted by Gasteiger charge is 2.22. The molecule has 1 aliphatic rings. The first-order chi connectivity index (χ1) is 12.4. The Labute approximate surface area is 162 Å². The van der Waals surface area contributed by atoms with Gasteiger partial charge in [0.25, 0.3) is 5.56 Å². The monoisotopic (exact) mass is 391 g/mol. The summed E-state index contributed by atoms with van der Waals surface area (Å²) in [6.45, 7) is 8.97. The molecule has 2 aromatic heterocycles. The first-order valence-corrected chi connectivity index (χ1v) is 10.8. The zero-order valence-corrected chi connectivity index (χ0v) is 17.3. The van der Waals surface area contributed by atoms with Crippen molar-refractivity contribution in [2.45, 2.75) is 44.7 Å². The Hall–Kier alpha value is -1.60. The number of aromatic nitrogens is 2. The van der Waals surface area contributed by atoms with E-state index < -0.39 is 0 Å². The van der Waals surface area contributed by atoms with Crippen molar-refractivity contribution in [2.75, 3.05) is 18.8 Å². The van der Waals surface area contributed by atoms with Crippen LogP contribution in [0.1, 0.15) is 37.1 Å². The van der Waals surface area contributed by atoms with E-state index in [2.05, 4.69) is 6.58 Å². The lowest BCUT2D eigenvalue weighted by Crippen LogP contribution is -2.33. The van der Waals surface area contributed by atoms with Gasteiger partial charge < -0.3 is 4.90 Å². The number of hydrogen-bond acceptors (Lipinski definition) is 5. The fraction of sp³-hybridized carbons (Fsp3) is 0.526. The highest BCUT2D eigenvalue weighted by atomic mass is 32.2. The van der Waals surface area contributed by atoms with Crippen molar-refractivity contribution in [2.24, 2.45) is 7.05 Å². The molecule has 0 fully saturated rings. The molecule has 0 bridgehead atoms. The number of likely N-dealkylation sites (N-methyl/N-ethyl adjacent to an activating group) is 1. The van der Waals surface area contributed by atoms with Gasteiger partial charge in [-0.25, -0.2) is 4.98 Å². The molecule has 0 spiro atoms. The lowest BCUT2D eigenvalue weighted by atomic mass is 9.97. The van der Waals surface area contributed by atoms with Crippen molar-refractivity contribution in [1.82, 2.24) is 14.5 Å². The second-order valence-corrected chi connectivity index (χ2v) is 8.83. The molecule has 0 N–H and O–H groups in total. The Bertz CT molecular complexity index is 914. The van der Waals surface area contributed by atoms with Crippen LogP contribution in [0.2, 0.25) is 0 Å². The summed E-state index contributed by atoms with van der Waals surface area (Å²) < 4.78 is 1.59. The van der Waals surface area contributed by atoms with Crippen molar-refractivity contribution in [3.8, 4) is 0 Å². The predicted octanol–water partition coefficient (Wildman–Crippen LogP) is 3.39. The molecule has 0 atom stereocenters. The normalized spacial score (nSPS) is 13.7. The molecule has 1 amide bonds. The Kier molecular flexibility index (Phi) is 5.87. The predicted molar refractivity (Wildman–Crippen MR) is 109 cm³/mol. The van der Waals surface area contributed by atoms with E-state index in [0.29, 0.717) is 18.2 Å². The van der Waals surface area contributed by atoms with Crippen LogP contribution in [-0.2, 0) is 24.7 Å². The molecule has 0 saturated heterocycles. The topological polar surface area (TPSA) is 55.2 Å². The van der Waals surface area contributed by atoms with Gasteiger partial charge in [-0.15, -0.1) is 11.3 Å². The summed E-state index contributed by atoms with van der Waals surface area (Å²) >= 11 is 2.98. The molecule has 0 radical (unpaired) electrons. The lowest BCUT2D eigenvalue weighted by Gasteiger charge is -2.20. The number of carbonyl (C=O) groups is 1. The maximum Gasteiger partial charge on any atom is 0.262 e. The minimum Gasteiger partial charge on any atom is -0.338 e. The van der Waals surface area contributed by atoms with E-state index in [1.54, 1.807) is 27.9 Å². The zero-order valence-electron chi connectivity index (χ0n) is 15.6. The molecule has 3 rings (SSSR count). The van der Waals surface area contributed by atoms with Crippen LogP contribution in [0.5, 0.6) is 0 Å². The molecule has 0 aliphatic heterocycles. The largest absolute Gasteiger partial charge is 0.338 e. The summed E-state index contributed by atoms with van der Waals surface area (Å²) in [5.41, 5.74) is 2.18. The average Bonchev–Trinajstić information content (AvgIpc) is 2.99. The molecule has 1 aliphatic carbocycles. The molecule has 0 saturated carbocycles. The van der Waals surface area contributed by atoms with Crippen LogP contribution in [0.25, 0.3) is 10.2 Å². The molecular formula is C19H25N3O2S2. The molecule has 0 unspecified atom stereocenters. The quantitative estimate of drug-likeness (QED) is 0.430. The smallest absolute Gasteiger partial charge is 0.262 e. The maximum absolute atomic E-state index is 12.9. The Morgan fingerprint density at radius 1 is 1.38 bits per heavy atom. The molecule has 5 nitrogen and oxygen atoms in total. The second kappa shape index (κ2) is 7.96. The van der Waals surface area contributed by atoms with Gasteiger partial charge >= 0.3 is 0 Å². The van der Waals surface area contributed by atoms with Crippen LogP contribution in [0.15, 0.2) is 22.1 Å². The maximum atomic E-state index is 12.9. The minimum absolute atomic E-state index is 0.0126. The van der Waals surface area contributed by atoms with Gasteiger partial charge in [-0.05, 0) is 45.1 Å². The van der Waals surface area contributed by atoms with Crippen LogP contribution in [0.3, 0.4) is 0 Å². The fourth-order valence-corrected chi connectivity index (χ4v) is 5.49. The third-order valence-electron chi connectivity index (χ3n) is 4.68. The van der Waals surface area contributed by atoms with Crippen LogP contribution in [-0.4, -0.2) is 39.2 Å². The third-order valence-corrected chi connectivity index (χ3v) is 6.88. The highest BCUT2D eigenvalue weighted by Crippen LogP contribution is 2.34. The number of thioether (sulfide) groups is 1. The summed E-state index contributed by atoms with van der Waals surface area (Å²) in [4.78, 5) is 33.9. The van der Waals surface area contributed by atoms with Gasteiger partial charge in [0, 0.05) is 25.0 Å². The number of amides is 1. The van der Waals surface area contributed by atoms with Crippen LogP contribution < -0.4 is 5.56 Å². The zero-order chi connectivity index (χ0) is 18.8. The number of thiophene rings is 1. The standard InChI is InChI=1S/C19H25N3O2S2/c1-5-22(10-12(2)3)15(23)11-25-19-20-17-16(18(24)21(19)4)13-8-6-7-9-14(13)26-17/h2,5-11H2,1,3-4H3. The van der Waals surface area contributed by atoms with Gasteiger partial charge in [0.1, 0.15) is 4.83 Å². The van der Waals surface area contributed by atoms with E-state index in [1.165, 1.54) is 28.6 Å². The summed E-state index contributed by atoms with van der Waals surface area (Å²) in [6.07, 6.45) is 4.35. The Morgan fingerprint density at radius 2 is 2.12 bits per heavy atom. The molecular weight excluding hydrogens is 366 g/mol. The molecule has 0 aromatic carbocycles. The van der Waals surface area contributed by atoms with Crippen LogP contribution in [0, 0.1) is 0 Å². The highest BCUT2D eigenvalue weighted by molar-refractivity contribution is 7.99. The van der Waals surface area contributed by atoms with E-state index in [9.17, 15) is 9.59 Å². The fourth-order valence-electron chi connectivity index (χ4n) is 3.32. The van der Waals surface area contributed by atoms with Gasteiger partial charge in [0.2, 0.25) is 5.91 Å². The number of fused-ring (bicyclic) bond motifs is 3. The second-order valence-electron chi connectivity index (χ2n) is 6.80. The summed E-state index contributed by atoms with van der Waals surface area (Å²) in [5, 5.41) is 1.40. The summed E-state index contributed by atoms with van der Waals surface area (Å²) in [5.74, 6) is 0.318. The summed E-state index contributed by atoms with van der Waals surface area (Å²) in [6, 6.07) is 0. The lowest BCUT2D eigenvalue weighted by molar-refractivity contribution is -0.127. The molecule has 2 heterocycles. The van der Waals surface area contributed by atoms with E-state index in [0.717, 1.165) is 35.1 Å². The van der Waals surface area contributed by atoms with Gasteiger partial charge in [0.05, 0.1) is 11.1 Å². The number of aryl methyl sites for hydroxylation is 2. The van der Waals surface area contributed by atoms with Crippen molar-refractivity contribution in [1.29, 1.82) is 0 Å². The van der Waals surface area contributed by atoms with E-state index in [1.807, 2.05) is 13.8 Å². The van der Waals surface area contributed by atoms with Crippen LogP contribution >= 0.6 is 23.1 Å². The summed E-state index contributed by atoms with van der Waals surface area (Å²) in [7, 11) is 1.75. The minimum atomic E-state index is 0.0126. The Balaban J connectivity index is 1.85. The van der Waals surface area contributed by atoms with Crippen LogP contribution in [0.4, 0.5) is 0 Å². The van der Waals surface area contributed by atoms with Gasteiger partial charge in [-0.3, -0.25) is 14.2 Å². The average molecular weight is 392 g/mol. The van der Waals surface area contributed by atoms with E-state index >= 15 is 0 Å². The molecule has 26 heavy (non-hydrogen) atoms. The van der Waals surface area contributed by atoms with Gasteiger partial charge in [-0.1, -0.05) is 23.9 Å². The SMILES string of the molecule is C=C(C)CN(CC)C(=O)CSc1nc2sc3c(c2c(=O)n1C)CCCC3. The third kappa shape index (κ3) is 3.74. The van der Waals surface area contributed by atoms with Gasteiger partial charge in [0.15, 0.2) is 5.16 Å². The first-order valence-electron chi connectivity index (χ1n) is 8.98. The van der Waals surface area contributed by atoms with Crippen molar-refractivity contribution in [3.63, 3.8) is 0 Å². The van der Waals surface area contributed by atoms with Crippen molar-refractivity contribution in [3.05, 3.63) is 32.9 Å². The Morgan fingerprint density at radius 3 is 2.81 bits per heavy atom. The number of nitrogens with zero attached hydrogens (tertiary/aromatic N) is 3. The van der Waals surface area contributed by atoms with Crippen molar-refractivity contribution >= 4 is 39.2 Å². The van der Waals surface area contributed by atoms with Crippen molar-refractivity contribution < 1.29 is 4.79 Å². The molecule has 140 valence electrons. The van der Waals surface area contributed by atoms with E-state index in [4.69, 9.17) is 4.98 Å². The molecule has 2 aromatic rings. The first kappa shape index (κ1) is 19.2. The van der Waals surface area contributed by atoms with Gasteiger partial charge in [-0.2, -0.15) is 0 Å². The molecule has 7 heteroatoms. The number of hydrogen-bond donors (Lipinski definition) is 0. The number of rotatable bonds is 6.